The van der Waals surface area contributed by atoms with Gasteiger partial charge >= 0.3 is 29.6 Å². The van der Waals surface area contributed by atoms with Gasteiger partial charge in [0.1, 0.15) is 10.1 Å². The van der Waals surface area contributed by atoms with Crippen LogP contribution in [0.25, 0.3) is 0 Å². The van der Waals surface area contributed by atoms with Crippen LogP contribution < -0.4 is 29.6 Å². The van der Waals surface area contributed by atoms with E-state index in [1.165, 1.54) is 24.3 Å². The van der Waals surface area contributed by atoms with E-state index in [1.807, 2.05) is 0 Å². The molecule has 0 radical (unpaired) electrons. The summed E-state index contributed by atoms with van der Waals surface area (Å²) in [6.07, 6.45) is 0. The molecule has 0 heterocycles. The summed E-state index contributed by atoms with van der Waals surface area (Å²) in [5.74, 6) is 0. The first-order chi connectivity index (χ1) is 5.61. The average molecular weight is 212 g/mol. The quantitative estimate of drug-likeness (QED) is 0.403. The van der Waals surface area contributed by atoms with E-state index in [4.69, 9.17) is 5.11 Å². The van der Waals surface area contributed by atoms with Gasteiger partial charge < -0.3 is 9.66 Å². The zero-order chi connectivity index (χ0) is 9.61. The molecule has 1 aromatic rings. The van der Waals surface area contributed by atoms with E-state index in [2.05, 4.69) is 0 Å². The maximum absolute atomic E-state index is 10.3. The van der Waals surface area contributed by atoms with E-state index >= 15 is 0 Å². The third-order valence-electron chi connectivity index (χ3n) is 1.03. The van der Waals surface area contributed by atoms with Crippen molar-refractivity contribution in [2.75, 3.05) is 7.11 Å². The van der Waals surface area contributed by atoms with Gasteiger partial charge in [-0.05, 0) is 12.1 Å². The van der Waals surface area contributed by atoms with E-state index in [9.17, 15) is 13.0 Å². The molecule has 0 saturated carbocycles. The van der Waals surface area contributed by atoms with Gasteiger partial charge in [-0.1, -0.05) is 18.2 Å². The predicted molar refractivity (Wildman–Crippen MR) is 42.5 cm³/mol. The first-order valence-corrected chi connectivity index (χ1v) is 4.47. The molecule has 0 saturated heterocycles. The van der Waals surface area contributed by atoms with Gasteiger partial charge in [-0.15, -0.1) is 0 Å². The molecular weight excluding hydrogens is 203 g/mol. The van der Waals surface area contributed by atoms with Crippen molar-refractivity contribution in [2.24, 2.45) is 0 Å². The van der Waals surface area contributed by atoms with Gasteiger partial charge in [0.2, 0.25) is 0 Å². The molecule has 13 heavy (non-hydrogen) atoms. The molecule has 4 nitrogen and oxygen atoms in total. The molecule has 0 aliphatic rings. The average Bonchev–Trinajstić information content (AvgIpc) is 2.08. The number of rotatable bonds is 1. The predicted octanol–water partition coefficient (Wildman–Crippen LogP) is -2.80. The van der Waals surface area contributed by atoms with Crippen LogP contribution in [0, 0.1) is 0 Å². The molecule has 0 aliphatic heterocycles. The zero-order valence-electron chi connectivity index (χ0n) is 7.47. The molecule has 68 valence electrons. The molecule has 0 amide bonds. The van der Waals surface area contributed by atoms with Crippen molar-refractivity contribution in [3.05, 3.63) is 30.3 Å². The van der Waals surface area contributed by atoms with Crippen LogP contribution in [0.1, 0.15) is 0 Å². The molecule has 0 aromatic heterocycles. The fourth-order valence-corrected chi connectivity index (χ4v) is 1.08. The van der Waals surface area contributed by atoms with Gasteiger partial charge in [0.05, 0.1) is 4.90 Å². The molecular formula is C7H9NaO4S. The molecule has 1 aromatic carbocycles. The molecule has 1 N–H and O–H groups in total. The van der Waals surface area contributed by atoms with Crippen LogP contribution in [-0.4, -0.2) is 25.2 Å². The summed E-state index contributed by atoms with van der Waals surface area (Å²) in [7, 11) is -3.25. The largest absolute Gasteiger partial charge is 1.00 e. The second-order valence-electron chi connectivity index (χ2n) is 1.77. The van der Waals surface area contributed by atoms with E-state index in [-0.39, 0.29) is 34.5 Å². The third-order valence-corrected chi connectivity index (χ3v) is 1.88. The minimum absolute atomic E-state index is 0. The number of hydrogen-bond donors (Lipinski definition) is 1. The molecule has 0 spiro atoms. The van der Waals surface area contributed by atoms with Crippen LogP contribution >= 0.6 is 0 Å². The van der Waals surface area contributed by atoms with E-state index < -0.39 is 10.1 Å². The molecule has 0 bridgehead atoms. The Bertz CT molecular complexity index is 309. The van der Waals surface area contributed by atoms with E-state index in [0.717, 1.165) is 7.11 Å². The van der Waals surface area contributed by atoms with Gasteiger partial charge in [-0.3, -0.25) is 0 Å². The molecule has 0 aliphatic carbocycles. The Labute approximate surface area is 99.6 Å². The number of hydrogen-bond acceptors (Lipinski definition) is 4. The van der Waals surface area contributed by atoms with Crippen LogP contribution in [0.2, 0.25) is 0 Å². The Hall–Kier alpha value is 0.0900. The Morgan fingerprint density at radius 3 is 1.77 bits per heavy atom. The first-order valence-electron chi connectivity index (χ1n) is 3.06. The fourth-order valence-electron chi connectivity index (χ4n) is 0.587. The number of benzene rings is 1. The van der Waals surface area contributed by atoms with Gasteiger partial charge in [0.25, 0.3) is 0 Å². The smallest absolute Gasteiger partial charge is 0.744 e. The fraction of sp³-hybridized carbons (Fsp3) is 0.143. The van der Waals surface area contributed by atoms with Gasteiger partial charge in [0.15, 0.2) is 0 Å². The Morgan fingerprint density at radius 1 is 1.15 bits per heavy atom. The van der Waals surface area contributed by atoms with E-state index in [1.54, 1.807) is 6.07 Å². The van der Waals surface area contributed by atoms with Crippen LogP contribution in [0.15, 0.2) is 35.2 Å². The maximum Gasteiger partial charge on any atom is 1.00 e. The molecule has 6 heteroatoms. The monoisotopic (exact) mass is 212 g/mol. The van der Waals surface area contributed by atoms with Crippen LogP contribution in [0.5, 0.6) is 0 Å². The van der Waals surface area contributed by atoms with Crippen molar-refractivity contribution in [2.45, 2.75) is 4.90 Å². The van der Waals surface area contributed by atoms with Crippen molar-refractivity contribution < 1.29 is 47.6 Å². The SMILES string of the molecule is CO.O=S(=O)([O-])c1ccccc1.[Na+]. The van der Waals surface area contributed by atoms with Crippen molar-refractivity contribution in [1.29, 1.82) is 0 Å². The van der Waals surface area contributed by atoms with Crippen molar-refractivity contribution in [1.82, 2.24) is 0 Å². The molecule has 0 fully saturated rings. The Kier molecular flexibility index (Phi) is 8.96. The maximum atomic E-state index is 10.3. The minimum atomic E-state index is -4.25. The minimum Gasteiger partial charge on any atom is -0.744 e. The molecule has 0 unspecified atom stereocenters. The van der Waals surface area contributed by atoms with Crippen LogP contribution in [0.3, 0.4) is 0 Å². The molecule has 1 rings (SSSR count). The van der Waals surface area contributed by atoms with Crippen molar-refractivity contribution in [3.8, 4) is 0 Å². The summed E-state index contributed by atoms with van der Waals surface area (Å²) in [5, 5.41) is 7.00. The van der Waals surface area contributed by atoms with Gasteiger partial charge in [-0.2, -0.15) is 0 Å². The van der Waals surface area contributed by atoms with Crippen LogP contribution in [0.4, 0.5) is 0 Å². The normalized spacial score (nSPS) is 9.15. The third kappa shape index (κ3) is 6.20. The van der Waals surface area contributed by atoms with Gasteiger partial charge in [-0.25, -0.2) is 8.42 Å². The summed E-state index contributed by atoms with van der Waals surface area (Å²) in [4.78, 5) is -0.185. The van der Waals surface area contributed by atoms with Crippen molar-refractivity contribution in [3.63, 3.8) is 0 Å². The summed E-state index contributed by atoms with van der Waals surface area (Å²) in [6.45, 7) is 0. The standard InChI is InChI=1S/C6H6O3S.CH4O.Na/c7-10(8,9)6-4-2-1-3-5-6;1-2;/h1-5H,(H,7,8,9);2H,1H3;/q;;+1/p-1. The molecule has 0 atom stereocenters. The summed E-state index contributed by atoms with van der Waals surface area (Å²) >= 11 is 0. The van der Waals surface area contributed by atoms with E-state index in [0.29, 0.717) is 0 Å². The van der Waals surface area contributed by atoms with Crippen molar-refractivity contribution >= 4 is 10.1 Å². The summed E-state index contributed by atoms with van der Waals surface area (Å²) in [6, 6.07) is 7.19. The summed E-state index contributed by atoms with van der Waals surface area (Å²) < 4.78 is 30.8. The Balaban J connectivity index is 0. The second kappa shape index (κ2) is 7.49. The zero-order valence-corrected chi connectivity index (χ0v) is 10.3. The second-order valence-corrected chi connectivity index (χ2v) is 3.15. The number of aliphatic hydroxyl groups is 1. The van der Waals surface area contributed by atoms with Gasteiger partial charge in [0, 0.05) is 7.11 Å². The van der Waals surface area contributed by atoms with Crippen LogP contribution in [-0.2, 0) is 10.1 Å². The summed E-state index contributed by atoms with van der Waals surface area (Å²) in [5.41, 5.74) is 0. The topological polar surface area (TPSA) is 77.4 Å². The number of aliphatic hydroxyl groups excluding tert-OH is 1. The Morgan fingerprint density at radius 2 is 1.54 bits per heavy atom. The first kappa shape index (κ1) is 15.6.